The molecular formula is C17H25NO3. The van der Waals surface area contributed by atoms with Gasteiger partial charge in [-0.3, -0.25) is 4.90 Å². The summed E-state index contributed by atoms with van der Waals surface area (Å²) in [5.74, 6) is 0.295. The van der Waals surface area contributed by atoms with Gasteiger partial charge in [-0.05, 0) is 43.7 Å². The normalized spacial score (nSPS) is 13.1. The first-order valence-electron chi connectivity index (χ1n) is 7.13. The molecule has 0 fully saturated rings. The van der Waals surface area contributed by atoms with Crippen LogP contribution < -0.4 is 4.74 Å². The number of ether oxygens (including phenoxy) is 1. The maximum absolute atomic E-state index is 10.7. The average molecular weight is 291 g/mol. The summed E-state index contributed by atoms with van der Waals surface area (Å²) in [6.07, 6.45) is 2.69. The second-order valence-corrected chi connectivity index (χ2v) is 5.65. The number of hydrogen-bond donors (Lipinski definition) is 1. The minimum Gasteiger partial charge on any atom is -0.496 e. The lowest BCUT2D eigenvalue weighted by atomic mass is 10.0. The molecule has 1 aromatic rings. The molecule has 0 saturated carbocycles. The number of rotatable bonds is 7. The van der Waals surface area contributed by atoms with Gasteiger partial charge in [-0.25, -0.2) is 4.79 Å². The summed E-state index contributed by atoms with van der Waals surface area (Å²) in [5.41, 5.74) is 1.92. The summed E-state index contributed by atoms with van der Waals surface area (Å²) >= 11 is 0. The third kappa shape index (κ3) is 5.23. The quantitative estimate of drug-likeness (QED) is 0.783. The van der Waals surface area contributed by atoms with Crippen molar-refractivity contribution < 1.29 is 14.6 Å². The molecular weight excluding hydrogens is 266 g/mol. The molecule has 1 rings (SSSR count). The SMILES string of the molecule is COc1ccc(CN(C)C(C)C(C)C)cc1C=CC(=O)O. The third-order valence-corrected chi connectivity index (χ3v) is 3.79. The molecule has 116 valence electrons. The van der Waals surface area contributed by atoms with Gasteiger partial charge in [0, 0.05) is 24.2 Å². The molecule has 4 nitrogen and oxygen atoms in total. The number of carbonyl (C=O) groups is 1. The van der Waals surface area contributed by atoms with Gasteiger partial charge in [0.25, 0.3) is 0 Å². The van der Waals surface area contributed by atoms with Crippen molar-refractivity contribution in [1.29, 1.82) is 0 Å². The highest BCUT2D eigenvalue weighted by atomic mass is 16.5. The molecule has 0 radical (unpaired) electrons. The number of hydrogen-bond acceptors (Lipinski definition) is 3. The summed E-state index contributed by atoms with van der Waals surface area (Å²) in [4.78, 5) is 13.0. The van der Waals surface area contributed by atoms with Gasteiger partial charge >= 0.3 is 5.97 Å². The first kappa shape index (κ1) is 17.2. The van der Waals surface area contributed by atoms with Gasteiger partial charge in [-0.2, -0.15) is 0 Å². The van der Waals surface area contributed by atoms with E-state index in [0.717, 1.165) is 23.7 Å². The van der Waals surface area contributed by atoms with E-state index < -0.39 is 5.97 Å². The van der Waals surface area contributed by atoms with Gasteiger partial charge in [-0.1, -0.05) is 19.9 Å². The Labute approximate surface area is 127 Å². The Balaban J connectivity index is 2.94. The second-order valence-electron chi connectivity index (χ2n) is 5.65. The molecule has 1 unspecified atom stereocenters. The smallest absolute Gasteiger partial charge is 0.328 e. The van der Waals surface area contributed by atoms with Crippen molar-refractivity contribution in [2.45, 2.75) is 33.4 Å². The molecule has 0 aliphatic rings. The van der Waals surface area contributed by atoms with Gasteiger partial charge in [0.2, 0.25) is 0 Å². The van der Waals surface area contributed by atoms with E-state index in [1.54, 1.807) is 13.2 Å². The Morgan fingerprint density at radius 1 is 1.38 bits per heavy atom. The van der Waals surface area contributed by atoms with Crippen LogP contribution in [0.3, 0.4) is 0 Å². The zero-order valence-electron chi connectivity index (χ0n) is 13.5. The van der Waals surface area contributed by atoms with Gasteiger partial charge in [-0.15, -0.1) is 0 Å². The van der Waals surface area contributed by atoms with Crippen LogP contribution in [0.1, 0.15) is 31.9 Å². The zero-order chi connectivity index (χ0) is 16.0. The van der Waals surface area contributed by atoms with Crippen LogP contribution in [-0.2, 0) is 11.3 Å². The third-order valence-electron chi connectivity index (χ3n) is 3.79. The lowest BCUT2D eigenvalue weighted by molar-refractivity contribution is -0.131. The van der Waals surface area contributed by atoms with Crippen molar-refractivity contribution in [2.75, 3.05) is 14.2 Å². The fourth-order valence-corrected chi connectivity index (χ4v) is 2.11. The van der Waals surface area contributed by atoms with E-state index in [9.17, 15) is 4.79 Å². The molecule has 21 heavy (non-hydrogen) atoms. The number of carboxylic acids is 1. The molecule has 0 amide bonds. The topological polar surface area (TPSA) is 49.8 Å². The number of nitrogens with zero attached hydrogens (tertiary/aromatic N) is 1. The lowest BCUT2D eigenvalue weighted by Crippen LogP contribution is -2.32. The molecule has 0 aliphatic carbocycles. The van der Waals surface area contributed by atoms with Crippen LogP contribution in [0.25, 0.3) is 6.08 Å². The molecule has 0 aliphatic heterocycles. The van der Waals surface area contributed by atoms with Crippen LogP contribution in [0.4, 0.5) is 0 Å². The Morgan fingerprint density at radius 2 is 2.05 bits per heavy atom. The van der Waals surface area contributed by atoms with Crippen LogP contribution in [0.5, 0.6) is 5.75 Å². The molecule has 4 heteroatoms. The average Bonchev–Trinajstić information content (AvgIpc) is 2.44. The summed E-state index contributed by atoms with van der Waals surface area (Å²) in [6.45, 7) is 7.43. The Hall–Kier alpha value is -1.81. The van der Waals surface area contributed by atoms with Crippen LogP contribution in [0, 0.1) is 5.92 Å². The highest BCUT2D eigenvalue weighted by molar-refractivity contribution is 5.85. The van der Waals surface area contributed by atoms with Crippen LogP contribution in [-0.4, -0.2) is 36.2 Å². The standard InChI is InChI=1S/C17H25NO3/c1-12(2)13(3)18(4)11-14-6-8-16(21-5)15(10-14)7-9-17(19)20/h6-10,12-13H,11H2,1-5H3,(H,19,20). The van der Waals surface area contributed by atoms with Crippen molar-refractivity contribution in [3.8, 4) is 5.75 Å². The van der Waals surface area contributed by atoms with Crippen molar-refractivity contribution >= 4 is 12.0 Å². The fraction of sp³-hybridized carbons (Fsp3) is 0.471. The molecule has 0 heterocycles. The molecule has 1 N–H and O–H groups in total. The van der Waals surface area contributed by atoms with Gasteiger partial charge in [0.05, 0.1) is 7.11 Å². The van der Waals surface area contributed by atoms with Crippen LogP contribution in [0.2, 0.25) is 0 Å². The highest BCUT2D eigenvalue weighted by Gasteiger charge is 2.13. The zero-order valence-corrected chi connectivity index (χ0v) is 13.5. The summed E-state index contributed by atoms with van der Waals surface area (Å²) in [7, 11) is 3.68. The largest absolute Gasteiger partial charge is 0.496 e. The van der Waals surface area contributed by atoms with E-state index in [1.165, 1.54) is 0 Å². The summed E-state index contributed by atoms with van der Waals surface area (Å²) in [5, 5.41) is 8.75. The predicted molar refractivity (Wildman–Crippen MR) is 85.4 cm³/mol. The van der Waals surface area contributed by atoms with E-state index in [2.05, 4.69) is 32.7 Å². The maximum atomic E-state index is 10.7. The van der Waals surface area contributed by atoms with Crippen LogP contribution >= 0.6 is 0 Å². The van der Waals surface area contributed by atoms with E-state index in [-0.39, 0.29) is 0 Å². The minimum atomic E-state index is -0.965. The number of aliphatic carboxylic acids is 1. The Kier molecular flexibility index (Phi) is 6.43. The molecule has 1 atom stereocenters. The highest BCUT2D eigenvalue weighted by Crippen LogP contribution is 2.23. The molecule has 0 spiro atoms. The van der Waals surface area contributed by atoms with Crippen molar-refractivity contribution in [3.63, 3.8) is 0 Å². The Bertz CT molecular complexity index is 509. The molecule has 0 saturated heterocycles. The Morgan fingerprint density at radius 3 is 2.57 bits per heavy atom. The van der Waals surface area contributed by atoms with E-state index in [1.807, 2.05) is 18.2 Å². The summed E-state index contributed by atoms with van der Waals surface area (Å²) < 4.78 is 5.27. The van der Waals surface area contributed by atoms with E-state index in [4.69, 9.17) is 9.84 Å². The van der Waals surface area contributed by atoms with E-state index in [0.29, 0.717) is 17.7 Å². The first-order valence-corrected chi connectivity index (χ1v) is 7.13. The minimum absolute atomic E-state index is 0.477. The number of benzene rings is 1. The lowest BCUT2D eigenvalue weighted by Gasteiger charge is -2.28. The number of methoxy groups -OCH3 is 1. The molecule has 1 aromatic carbocycles. The number of carboxylic acid groups (broad SMARTS) is 1. The molecule has 0 aromatic heterocycles. The van der Waals surface area contributed by atoms with Crippen molar-refractivity contribution in [1.82, 2.24) is 4.90 Å². The second kappa shape index (κ2) is 7.84. The van der Waals surface area contributed by atoms with E-state index >= 15 is 0 Å². The van der Waals surface area contributed by atoms with Crippen molar-refractivity contribution in [2.24, 2.45) is 5.92 Å². The maximum Gasteiger partial charge on any atom is 0.328 e. The van der Waals surface area contributed by atoms with Gasteiger partial charge < -0.3 is 9.84 Å². The van der Waals surface area contributed by atoms with Crippen molar-refractivity contribution in [3.05, 3.63) is 35.4 Å². The monoisotopic (exact) mass is 291 g/mol. The van der Waals surface area contributed by atoms with Gasteiger partial charge in [0.1, 0.15) is 5.75 Å². The predicted octanol–water partition coefficient (Wildman–Crippen LogP) is 3.27. The first-order chi connectivity index (χ1) is 9.85. The molecule has 0 bridgehead atoms. The van der Waals surface area contributed by atoms with Gasteiger partial charge in [0.15, 0.2) is 0 Å². The summed E-state index contributed by atoms with van der Waals surface area (Å²) in [6, 6.07) is 6.35. The van der Waals surface area contributed by atoms with Crippen LogP contribution in [0.15, 0.2) is 24.3 Å². The fourth-order valence-electron chi connectivity index (χ4n) is 2.11.